The maximum absolute atomic E-state index is 13.1. The van der Waals surface area contributed by atoms with Crippen LogP contribution in [0.25, 0.3) is 0 Å². The van der Waals surface area contributed by atoms with E-state index in [4.69, 9.17) is 0 Å². The summed E-state index contributed by atoms with van der Waals surface area (Å²) in [5, 5.41) is 11.6. The van der Waals surface area contributed by atoms with Crippen LogP contribution in [-0.4, -0.2) is 23.0 Å². The Bertz CT molecular complexity index is 688. The van der Waals surface area contributed by atoms with Crippen LogP contribution in [0.2, 0.25) is 0 Å². The van der Waals surface area contributed by atoms with Crippen molar-refractivity contribution in [3.05, 3.63) is 69.9 Å². The van der Waals surface area contributed by atoms with Gasteiger partial charge in [-0.3, -0.25) is 4.79 Å². The molecule has 6 heteroatoms. The summed E-state index contributed by atoms with van der Waals surface area (Å²) in [6, 6.07) is 11.2. The fourth-order valence-corrected chi connectivity index (χ4v) is 2.19. The number of nitrogens with one attached hydrogen (secondary N) is 1. The van der Waals surface area contributed by atoms with Gasteiger partial charge in [-0.2, -0.15) is 0 Å². The Kier molecular flexibility index (Phi) is 5.27. The van der Waals surface area contributed by atoms with E-state index in [-0.39, 0.29) is 12.0 Å². The molecule has 0 saturated carbocycles. The molecule has 4 nitrogen and oxygen atoms in total. The fourth-order valence-electron chi connectivity index (χ4n) is 1.93. The minimum absolute atomic E-state index is 0.0852. The third-order valence-electron chi connectivity index (χ3n) is 3.04. The van der Waals surface area contributed by atoms with E-state index in [9.17, 15) is 19.1 Å². The number of halogens is 2. The number of aliphatic carboxylic acids is 1. The van der Waals surface area contributed by atoms with Crippen molar-refractivity contribution >= 4 is 27.8 Å². The lowest BCUT2D eigenvalue weighted by Gasteiger charge is -2.15. The van der Waals surface area contributed by atoms with Crippen molar-refractivity contribution in [2.45, 2.75) is 12.5 Å². The SMILES string of the molecule is O=C(N[C@H](Cc1ccc(Br)cc1)C(=O)O)c1cccc(F)c1. The highest BCUT2D eigenvalue weighted by Gasteiger charge is 2.21. The number of hydrogen-bond acceptors (Lipinski definition) is 2. The van der Waals surface area contributed by atoms with Gasteiger partial charge in [0, 0.05) is 16.5 Å². The highest BCUT2D eigenvalue weighted by Crippen LogP contribution is 2.12. The molecule has 0 unspecified atom stereocenters. The molecule has 0 aliphatic heterocycles. The first-order valence-electron chi connectivity index (χ1n) is 6.49. The number of hydrogen-bond donors (Lipinski definition) is 2. The van der Waals surface area contributed by atoms with E-state index in [1.54, 1.807) is 24.3 Å². The van der Waals surface area contributed by atoms with Crippen molar-refractivity contribution in [1.82, 2.24) is 5.32 Å². The number of carbonyl (C=O) groups excluding carboxylic acids is 1. The monoisotopic (exact) mass is 365 g/mol. The van der Waals surface area contributed by atoms with Gasteiger partial charge < -0.3 is 10.4 Å². The zero-order valence-corrected chi connectivity index (χ0v) is 13.0. The molecule has 1 amide bonds. The van der Waals surface area contributed by atoms with Gasteiger partial charge in [-0.05, 0) is 35.9 Å². The van der Waals surface area contributed by atoms with Gasteiger partial charge in [0.05, 0.1) is 0 Å². The van der Waals surface area contributed by atoms with Crippen LogP contribution in [-0.2, 0) is 11.2 Å². The molecule has 0 radical (unpaired) electrons. The molecule has 114 valence electrons. The Morgan fingerprint density at radius 1 is 1.18 bits per heavy atom. The highest BCUT2D eigenvalue weighted by atomic mass is 79.9. The Hall–Kier alpha value is -2.21. The third-order valence-corrected chi connectivity index (χ3v) is 3.57. The Labute approximate surface area is 135 Å². The van der Waals surface area contributed by atoms with E-state index in [0.29, 0.717) is 0 Å². The lowest BCUT2D eigenvalue weighted by atomic mass is 10.1. The van der Waals surface area contributed by atoms with Crippen molar-refractivity contribution < 1.29 is 19.1 Å². The normalized spacial score (nSPS) is 11.7. The molecule has 0 spiro atoms. The van der Waals surface area contributed by atoms with Gasteiger partial charge in [-0.15, -0.1) is 0 Å². The number of carbonyl (C=O) groups is 2. The zero-order valence-electron chi connectivity index (χ0n) is 11.4. The molecular formula is C16H13BrFNO3. The van der Waals surface area contributed by atoms with Crippen LogP contribution < -0.4 is 5.32 Å². The maximum Gasteiger partial charge on any atom is 0.326 e. The van der Waals surface area contributed by atoms with E-state index in [2.05, 4.69) is 21.2 Å². The summed E-state index contributed by atoms with van der Waals surface area (Å²) in [5.74, 6) is -2.32. The van der Waals surface area contributed by atoms with Crippen molar-refractivity contribution in [3.63, 3.8) is 0 Å². The summed E-state index contributed by atoms with van der Waals surface area (Å²) < 4.78 is 14.0. The lowest BCUT2D eigenvalue weighted by molar-refractivity contribution is -0.139. The summed E-state index contributed by atoms with van der Waals surface area (Å²) in [7, 11) is 0. The Morgan fingerprint density at radius 2 is 1.86 bits per heavy atom. The lowest BCUT2D eigenvalue weighted by Crippen LogP contribution is -2.42. The summed E-state index contributed by atoms with van der Waals surface area (Å²) in [4.78, 5) is 23.3. The standard InChI is InChI=1S/C16H13BrFNO3/c17-12-6-4-10(5-7-12)8-14(16(21)22)19-15(20)11-2-1-3-13(18)9-11/h1-7,9,14H,8H2,(H,19,20)(H,21,22)/t14-/m1/s1. The van der Waals surface area contributed by atoms with Crippen LogP contribution in [0, 0.1) is 5.82 Å². The number of rotatable bonds is 5. The van der Waals surface area contributed by atoms with Crippen LogP contribution in [0.15, 0.2) is 53.0 Å². The van der Waals surface area contributed by atoms with Gasteiger partial charge in [-0.1, -0.05) is 34.1 Å². The number of amides is 1. The largest absolute Gasteiger partial charge is 0.480 e. The van der Waals surface area contributed by atoms with Crippen LogP contribution in [0.1, 0.15) is 15.9 Å². The molecule has 0 aliphatic carbocycles. The average molecular weight is 366 g/mol. The van der Waals surface area contributed by atoms with Gasteiger partial charge in [0.25, 0.3) is 5.91 Å². The molecule has 1 atom stereocenters. The number of carboxylic acid groups (broad SMARTS) is 1. The van der Waals surface area contributed by atoms with Crippen LogP contribution in [0.3, 0.4) is 0 Å². The van der Waals surface area contributed by atoms with Gasteiger partial charge >= 0.3 is 5.97 Å². The smallest absolute Gasteiger partial charge is 0.326 e. The number of carboxylic acids is 1. The molecule has 0 aliphatic rings. The summed E-state index contributed by atoms with van der Waals surface area (Å²) in [6.45, 7) is 0. The Morgan fingerprint density at radius 3 is 2.45 bits per heavy atom. The van der Waals surface area contributed by atoms with Gasteiger partial charge in [0.2, 0.25) is 0 Å². The first-order chi connectivity index (χ1) is 10.5. The van der Waals surface area contributed by atoms with Crippen molar-refractivity contribution in [3.8, 4) is 0 Å². The van der Waals surface area contributed by atoms with E-state index >= 15 is 0 Å². The molecule has 0 aromatic heterocycles. The second-order valence-corrected chi connectivity index (χ2v) is 5.62. The minimum atomic E-state index is -1.15. The zero-order chi connectivity index (χ0) is 16.1. The Balaban J connectivity index is 2.10. The third kappa shape index (κ3) is 4.39. The molecule has 0 heterocycles. The van der Waals surface area contributed by atoms with Crippen molar-refractivity contribution in [2.24, 2.45) is 0 Å². The maximum atomic E-state index is 13.1. The van der Waals surface area contributed by atoms with E-state index < -0.39 is 23.7 Å². The van der Waals surface area contributed by atoms with Gasteiger partial charge in [0.1, 0.15) is 11.9 Å². The molecule has 22 heavy (non-hydrogen) atoms. The molecule has 2 rings (SSSR count). The second-order valence-electron chi connectivity index (χ2n) is 4.71. The van der Waals surface area contributed by atoms with Gasteiger partial charge in [-0.25, -0.2) is 9.18 Å². The molecule has 2 aromatic rings. The highest BCUT2D eigenvalue weighted by molar-refractivity contribution is 9.10. The minimum Gasteiger partial charge on any atom is -0.480 e. The van der Waals surface area contributed by atoms with Crippen LogP contribution in [0.5, 0.6) is 0 Å². The molecular weight excluding hydrogens is 353 g/mol. The topological polar surface area (TPSA) is 66.4 Å². The van der Waals surface area contributed by atoms with Crippen molar-refractivity contribution in [1.29, 1.82) is 0 Å². The summed E-state index contributed by atoms with van der Waals surface area (Å²) in [6.07, 6.45) is 0.143. The van der Waals surface area contributed by atoms with E-state index in [0.717, 1.165) is 16.1 Å². The molecule has 0 fully saturated rings. The molecule has 2 N–H and O–H groups in total. The predicted molar refractivity (Wildman–Crippen MR) is 83.1 cm³/mol. The van der Waals surface area contributed by atoms with E-state index in [1.165, 1.54) is 18.2 Å². The first-order valence-corrected chi connectivity index (χ1v) is 7.28. The number of benzene rings is 2. The quantitative estimate of drug-likeness (QED) is 0.855. The van der Waals surface area contributed by atoms with Crippen LogP contribution in [0.4, 0.5) is 4.39 Å². The van der Waals surface area contributed by atoms with E-state index in [1.807, 2.05) is 0 Å². The summed E-state index contributed by atoms with van der Waals surface area (Å²) >= 11 is 3.30. The van der Waals surface area contributed by atoms with Crippen molar-refractivity contribution in [2.75, 3.05) is 0 Å². The van der Waals surface area contributed by atoms with Gasteiger partial charge in [0.15, 0.2) is 0 Å². The second kappa shape index (κ2) is 7.17. The van der Waals surface area contributed by atoms with Crippen LogP contribution >= 0.6 is 15.9 Å². The molecule has 2 aromatic carbocycles. The average Bonchev–Trinajstić information content (AvgIpc) is 2.48. The molecule has 0 bridgehead atoms. The fraction of sp³-hybridized carbons (Fsp3) is 0.125. The molecule has 0 saturated heterocycles. The summed E-state index contributed by atoms with van der Waals surface area (Å²) in [5.41, 5.74) is 0.859. The predicted octanol–water partition coefficient (Wildman–Crippen LogP) is 3.01. The first kappa shape index (κ1) is 16.2.